The van der Waals surface area contributed by atoms with Crippen LogP contribution in [0.5, 0.6) is 0 Å². The van der Waals surface area contributed by atoms with Gasteiger partial charge in [0.15, 0.2) is 0 Å². The minimum atomic E-state index is -0.660. The summed E-state index contributed by atoms with van der Waals surface area (Å²) in [5.74, 6) is -0.373. The summed E-state index contributed by atoms with van der Waals surface area (Å²) in [6.07, 6.45) is 0.196. The second-order valence-electron chi connectivity index (χ2n) is 7.22. The molecule has 4 nitrogen and oxygen atoms in total. The van der Waals surface area contributed by atoms with Crippen molar-refractivity contribution in [3.8, 4) is 0 Å². The maximum absolute atomic E-state index is 13.1. The van der Waals surface area contributed by atoms with Crippen molar-refractivity contribution in [1.82, 2.24) is 10.2 Å². The number of hydrogen-bond donors (Lipinski definition) is 1. The Morgan fingerprint density at radius 3 is 2.11 bits per heavy atom. The van der Waals surface area contributed by atoms with E-state index >= 15 is 0 Å². The molecule has 0 aliphatic carbocycles. The molecule has 0 aromatic heterocycles. The van der Waals surface area contributed by atoms with Crippen molar-refractivity contribution in [3.63, 3.8) is 0 Å². The molecule has 0 radical (unpaired) electrons. The fourth-order valence-electron chi connectivity index (χ4n) is 2.82. The number of hydrogen-bond acceptors (Lipinski definition) is 2. The van der Waals surface area contributed by atoms with Gasteiger partial charge in [-0.2, -0.15) is 0 Å². The number of carbonyl (C=O) groups excluding carboxylic acids is 2. The molecule has 0 aliphatic heterocycles. The highest BCUT2D eigenvalue weighted by molar-refractivity contribution is 6.36. The lowest BCUT2D eigenvalue weighted by atomic mass is 10.1. The van der Waals surface area contributed by atoms with Crippen LogP contribution < -0.4 is 5.32 Å². The number of nitrogens with zero attached hydrogens (tertiary/aromatic N) is 1. The van der Waals surface area contributed by atoms with Gasteiger partial charge in [0.1, 0.15) is 6.04 Å². The van der Waals surface area contributed by atoms with Gasteiger partial charge in [-0.05, 0) is 45.4 Å². The number of amides is 2. The second kappa shape index (κ2) is 9.94. The Morgan fingerprint density at radius 1 is 1.00 bits per heavy atom. The van der Waals surface area contributed by atoms with Crippen molar-refractivity contribution in [2.24, 2.45) is 0 Å². The highest BCUT2D eigenvalue weighted by Crippen LogP contribution is 2.27. The Kier molecular flexibility index (Phi) is 7.90. The van der Waals surface area contributed by atoms with Crippen LogP contribution in [-0.2, 0) is 22.6 Å². The zero-order valence-electron chi connectivity index (χ0n) is 16.6. The van der Waals surface area contributed by atoms with Crippen LogP contribution >= 0.6 is 23.2 Å². The van der Waals surface area contributed by atoms with E-state index in [0.29, 0.717) is 15.6 Å². The summed E-state index contributed by atoms with van der Waals surface area (Å²) in [6.45, 7) is 7.64. The van der Waals surface area contributed by atoms with Crippen LogP contribution in [0.15, 0.2) is 42.5 Å². The molecule has 2 rings (SSSR count). The molecule has 2 aromatic carbocycles. The van der Waals surface area contributed by atoms with Crippen LogP contribution in [0.25, 0.3) is 0 Å². The topological polar surface area (TPSA) is 49.4 Å². The van der Waals surface area contributed by atoms with E-state index in [1.165, 1.54) is 4.90 Å². The fraction of sp³-hybridized carbons (Fsp3) is 0.364. The number of aryl methyl sites for hydroxylation is 1. The summed E-state index contributed by atoms with van der Waals surface area (Å²) in [4.78, 5) is 27.2. The molecule has 2 aromatic rings. The van der Waals surface area contributed by atoms with Crippen LogP contribution in [0.1, 0.15) is 37.5 Å². The van der Waals surface area contributed by atoms with Gasteiger partial charge in [0.05, 0.1) is 6.42 Å². The summed E-state index contributed by atoms with van der Waals surface area (Å²) >= 11 is 12.6. The molecule has 6 heteroatoms. The van der Waals surface area contributed by atoms with Crippen molar-refractivity contribution >= 4 is 35.0 Å². The Labute approximate surface area is 176 Å². The van der Waals surface area contributed by atoms with Crippen molar-refractivity contribution in [2.75, 3.05) is 0 Å². The van der Waals surface area contributed by atoms with E-state index < -0.39 is 6.04 Å². The molecule has 28 heavy (non-hydrogen) atoms. The van der Waals surface area contributed by atoms with E-state index in [-0.39, 0.29) is 30.8 Å². The molecule has 0 saturated carbocycles. The lowest BCUT2D eigenvalue weighted by molar-refractivity contribution is -0.140. The van der Waals surface area contributed by atoms with Gasteiger partial charge in [-0.1, -0.05) is 59.1 Å². The number of rotatable bonds is 7. The van der Waals surface area contributed by atoms with Crippen molar-refractivity contribution in [3.05, 3.63) is 69.2 Å². The summed E-state index contributed by atoms with van der Waals surface area (Å²) in [6, 6.07) is 12.3. The zero-order chi connectivity index (χ0) is 20.8. The molecule has 0 fully saturated rings. The van der Waals surface area contributed by atoms with Gasteiger partial charge in [0.2, 0.25) is 11.8 Å². The van der Waals surface area contributed by atoms with E-state index in [2.05, 4.69) is 5.32 Å². The number of halogens is 2. The highest BCUT2D eigenvalue weighted by atomic mass is 35.5. The van der Waals surface area contributed by atoms with Gasteiger partial charge in [-0.15, -0.1) is 0 Å². The van der Waals surface area contributed by atoms with E-state index in [1.807, 2.05) is 45.0 Å². The van der Waals surface area contributed by atoms with E-state index in [0.717, 1.165) is 11.1 Å². The molecular weight excluding hydrogens is 395 g/mol. The normalized spacial score (nSPS) is 12.0. The molecule has 0 saturated heterocycles. The number of nitrogens with one attached hydrogen (secondary N) is 1. The Balaban J connectivity index is 2.30. The van der Waals surface area contributed by atoms with Crippen LogP contribution in [0.3, 0.4) is 0 Å². The molecule has 0 aliphatic rings. The van der Waals surface area contributed by atoms with Gasteiger partial charge < -0.3 is 10.2 Å². The highest BCUT2D eigenvalue weighted by Gasteiger charge is 2.27. The maximum Gasteiger partial charge on any atom is 0.242 e. The van der Waals surface area contributed by atoms with Gasteiger partial charge in [-0.3, -0.25) is 9.59 Å². The predicted molar refractivity (Wildman–Crippen MR) is 115 cm³/mol. The average molecular weight is 421 g/mol. The van der Waals surface area contributed by atoms with Crippen molar-refractivity contribution in [1.29, 1.82) is 0 Å². The first-order valence-corrected chi connectivity index (χ1v) is 10.0. The summed E-state index contributed by atoms with van der Waals surface area (Å²) in [5.41, 5.74) is 2.65. The van der Waals surface area contributed by atoms with E-state index in [1.54, 1.807) is 25.1 Å². The van der Waals surface area contributed by atoms with Crippen LogP contribution in [0.4, 0.5) is 0 Å². The number of carbonyl (C=O) groups is 2. The van der Waals surface area contributed by atoms with Gasteiger partial charge in [-0.25, -0.2) is 0 Å². The second-order valence-corrected chi connectivity index (χ2v) is 8.04. The Hall–Kier alpha value is -2.04. The lowest BCUT2D eigenvalue weighted by Gasteiger charge is -2.30. The molecule has 150 valence electrons. The smallest absolute Gasteiger partial charge is 0.242 e. The third-order valence-electron chi connectivity index (χ3n) is 4.46. The average Bonchev–Trinajstić information content (AvgIpc) is 2.62. The zero-order valence-corrected chi connectivity index (χ0v) is 18.1. The number of benzene rings is 2. The van der Waals surface area contributed by atoms with Crippen LogP contribution in [-0.4, -0.2) is 28.8 Å². The quantitative estimate of drug-likeness (QED) is 0.699. The van der Waals surface area contributed by atoms with Crippen molar-refractivity contribution in [2.45, 2.75) is 52.7 Å². The van der Waals surface area contributed by atoms with Gasteiger partial charge >= 0.3 is 0 Å². The lowest BCUT2D eigenvalue weighted by Crippen LogP contribution is -2.49. The maximum atomic E-state index is 13.1. The first-order chi connectivity index (χ1) is 13.2. The van der Waals surface area contributed by atoms with Gasteiger partial charge in [0, 0.05) is 28.2 Å². The van der Waals surface area contributed by atoms with Crippen LogP contribution in [0, 0.1) is 6.92 Å². The first-order valence-electron chi connectivity index (χ1n) is 9.27. The summed E-state index contributed by atoms with van der Waals surface area (Å²) in [7, 11) is 0. The third-order valence-corrected chi connectivity index (χ3v) is 5.17. The predicted octanol–water partition coefficient (Wildman–Crippen LogP) is 4.79. The summed E-state index contributed by atoms with van der Waals surface area (Å²) in [5, 5.41) is 3.80. The molecule has 0 bridgehead atoms. The molecule has 1 atom stereocenters. The summed E-state index contributed by atoms with van der Waals surface area (Å²) < 4.78 is 0. The SMILES string of the molecule is Cc1ccc(CC(=O)N(Cc2c(Cl)cccc2Cl)[C@@H](C)C(=O)NC(C)C)cc1. The van der Waals surface area contributed by atoms with Crippen molar-refractivity contribution < 1.29 is 9.59 Å². The van der Waals surface area contributed by atoms with E-state index in [4.69, 9.17) is 23.2 Å². The first kappa shape index (κ1) is 22.3. The molecule has 0 heterocycles. The largest absolute Gasteiger partial charge is 0.352 e. The minimum absolute atomic E-state index is 0.0205. The molecule has 1 N–H and O–H groups in total. The molecule has 2 amide bonds. The Morgan fingerprint density at radius 2 is 1.57 bits per heavy atom. The fourth-order valence-corrected chi connectivity index (χ4v) is 3.34. The molecule has 0 spiro atoms. The van der Waals surface area contributed by atoms with Gasteiger partial charge in [0.25, 0.3) is 0 Å². The Bertz CT molecular complexity index is 815. The van der Waals surface area contributed by atoms with Crippen LogP contribution in [0.2, 0.25) is 10.0 Å². The molecule has 0 unspecified atom stereocenters. The standard InChI is InChI=1S/C22H26Cl2N2O2/c1-14(2)25-22(28)16(4)26(13-18-19(23)6-5-7-20(18)24)21(27)12-17-10-8-15(3)9-11-17/h5-11,14,16H,12-13H2,1-4H3,(H,25,28)/t16-/m0/s1. The van der Waals surface area contributed by atoms with E-state index in [9.17, 15) is 9.59 Å². The minimum Gasteiger partial charge on any atom is -0.352 e. The monoisotopic (exact) mass is 420 g/mol. The third kappa shape index (κ3) is 5.98. The molecular formula is C22H26Cl2N2O2.